The summed E-state index contributed by atoms with van der Waals surface area (Å²) in [5.41, 5.74) is 2.58. The molecule has 0 aliphatic heterocycles. The maximum absolute atomic E-state index is 13.8. The van der Waals surface area contributed by atoms with E-state index in [9.17, 15) is 9.18 Å². The number of halogens is 2. The Balaban J connectivity index is 2.40. The van der Waals surface area contributed by atoms with E-state index in [1.807, 2.05) is 35.6 Å². The Bertz CT molecular complexity index is 638. The molecule has 3 nitrogen and oxygen atoms in total. The molecule has 0 fully saturated rings. The highest BCUT2D eigenvalue weighted by Crippen LogP contribution is 2.28. The van der Waals surface area contributed by atoms with Gasteiger partial charge >= 0.3 is 5.97 Å². The van der Waals surface area contributed by atoms with Crippen LogP contribution in [0.15, 0.2) is 36.4 Å². The summed E-state index contributed by atoms with van der Waals surface area (Å²) in [5, 5.41) is 12.0. The standard InChI is InChI=1S/C15H13FINO2/c1-9-5-6-13(10(7-9)8-14(19)20)18-15-11(16)3-2-4-12(15)17/h2-7,18H,8H2,1H3,(H,19,20)/i17-4. The Morgan fingerprint density at radius 1 is 1.35 bits per heavy atom. The van der Waals surface area contributed by atoms with Crippen molar-refractivity contribution in [1.82, 2.24) is 0 Å². The first kappa shape index (κ1) is 14.8. The molecule has 20 heavy (non-hydrogen) atoms. The van der Waals surface area contributed by atoms with Crippen LogP contribution in [0, 0.1) is 16.3 Å². The van der Waals surface area contributed by atoms with E-state index in [0.717, 1.165) is 9.13 Å². The van der Waals surface area contributed by atoms with Gasteiger partial charge in [0.15, 0.2) is 0 Å². The summed E-state index contributed by atoms with van der Waals surface area (Å²) in [6.07, 6.45) is -0.102. The van der Waals surface area contributed by atoms with E-state index >= 15 is 0 Å². The highest BCUT2D eigenvalue weighted by atomic mass is 123. The van der Waals surface area contributed by atoms with Crippen molar-refractivity contribution in [2.24, 2.45) is 0 Å². The van der Waals surface area contributed by atoms with E-state index < -0.39 is 5.97 Å². The van der Waals surface area contributed by atoms with Gasteiger partial charge in [-0.2, -0.15) is 0 Å². The number of aliphatic carboxylic acids is 1. The normalized spacial score (nSPS) is 10.3. The number of rotatable bonds is 4. The van der Waals surface area contributed by atoms with Gasteiger partial charge in [-0.05, 0) is 53.3 Å². The molecule has 104 valence electrons. The predicted molar refractivity (Wildman–Crippen MR) is 84.9 cm³/mol. The summed E-state index contributed by atoms with van der Waals surface area (Å²) >= 11 is 2.04. The molecule has 0 bridgehead atoms. The minimum atomic E-state index is -0.915. The van der Waals surface area contributed by atoms with Crippen LogP contribution in [-0.4, -0.2) is 11.1 Å². The zero-order valence-electron chi connectivity index (χ0n) is 10.8. The number of carboxylic acid groups (broad SMARTS) is 1. The van der Waals surface area contributed by atoms with E-state index in [1.54, 1.807) is 24.3 Å². The lowest BCUT2D eigenvalue weighted by molar-refractivity contribution is -0.136. The maximum Gasteiger partial charge on any atom is 0.307 e. The van der Waals surface area contributed by atoms with Crippen molar-refractivity contribution < 1.29 is 14.3 Å². The van der Waals surface area contributed by atoms with Crippen LogP contribution in [0.3, 0.4) is 0 Å². The van der Waals surface area contributed by atoms with Crippen LogP contribution in [0.5, 0.6) is 0 Å². The largest absolute Gasteiger partial charge is 0.481 e. The lowest BCUT2D eigenvalue weighted by Gasteiger charge is -2.14. The molecule has 0 aromatic heterocycles. The van der Waals surface area contributed by atoms with Gasteiger partial charge in [0.1, 0.15) is 5.82 Å². The number of hydrogen-bond acceptors (Lipinski definition) is 2. The molecule has 2 N–H and O–H groups in total. The SMILES string of the molecule is Cc1ccc(Nc2c(F)cccc2[123I])c(CC(=O)O)c1. The molecule has 0 saturated heterocycles. The fourth-order valence-electron chi connectivity index (χ4n) is 1.91. The fourth-order valence-corrected chi connectivity index (χ4v) is 2.51. The van der Waals surface area contributed by atoms with E-state index in [-0.39, 0.29) is 12.2 Å². The van der Waals surface area contributed by atoms with Crippen LogP contribution < -0.4 is 5.32 Å². The Morgan fingerprint density at radius 3 is 2.75 bits per heavy atom. The van der Waals surface area contributed by atoms with Crippen molar-refractivity contribution in [2.75, 3.05) is 5.32 Å². The first-order valence-electron chi connectivity index (χ1n) is 5.99. The van der Waals surface area contributed by atoms with Crippen LogP contribution in [0.25, 0.3) is 0 Å². The quantitative estimate of drug-likeness (QED) is 0.784. The molecule has 0 unspecified atom stereocenters. The molecule has 0 aliphatic rings. The van der Waals surface area contributed by atoms with Crippen LogP contribution in [0.2, 0.25) is 0 Å². The molecule has 0 amide bonds. The fraction of sp³-hybridized carbons (Fsp3) is 0.133. The maximum atomic E-state index is 13.8. The number of aryl methyl sites for hydroxylation is 1. The first-order valence-corrected chi connectivity index (χ1v) is 7.07. The van der Waals surface area contributed by atoms with Gasteiger partial charge in [-0.1, -0.05) is 23.8 Å². The number of carbonyl (C=O) groups is 1. The Kier molecular flexibility index (Phi) is 4.59. The zero-order chi connectivity index (χ0) is 14.7. The zero-order valence-corrected chi connectivity index (χ0v) is 12.9. The third kappa shape index (κ3) is 3.47. The molecule has 0 atom stereocenters. The average molecular weight is 381 g/mol. The van der Waals surface area contributed by atoms with Crippen LogP contribution in [0.1, 0.15) is 11.1 Å². The molecule has 5 heteroatoms. The molecular weight excluding hydrogens is 368 g/mol. The van der Waals surface area contributed by atoms with Crippen LogP contribution in [0.4, 0.5) is 15.8 Å². The van der Waals surface area contributed by atoms with Gasteiger partial charge < -0.3 is 10.4 Å². The second-order valence-electron chi connectivity index (χ2n) is 4.45. The first-order chi connectivity index (χ1) is 9.47. The summed E-state index contributed by atoms with van der Waals surface area (Å²) in [6, 6.07) is 10.2. The number of nitrogens with one attached hydrogen (secondary N) is 1. The molecule has 0 spiro atoms. The van der Waals surface area contributed by atoms with Crippen molar-refractivity contribution in [3.05, 3.63) is 56.9 Å². The molecular formula is C15H13FINO2. The van der Waals surface area contributed by atoms with E-state index in [2.05, 4.69) is 5.32 Å². The lowest BCUT2D eigenvalue weighted by atomic mass is 10.1. The smallest absolute Gasteiger partial charge is 0.307 e. The third-order valence-electron chi connectivity index (χ3n) is 2.82. The van der Waals surface area contributed by atoms with Gasteiger partial charge in [0.2, 0.25) is 0 Å². The Labute approximate surface area is 130 Å². The van der Waals surface area contributed by atoms with Crippen LogP contribution >= 0.6 is 22.6 Å². The van der Waals surface area contributed by atoms with Crippen molar-refractivity contribution in [2.45, 2.75) is 13.3 Å². The molecule has 2 aromatic carbocycles. The van der Waals surface area contributed by atoms with E-state index in [1.165, 1.54) is 6.07 Å². The summed E-state index contributed by atoms with van der Waals surface area (Å²) < 4.78 is 14.6. The number of benzene rings is 2. The molecule has 0 saturated carbocycles. The number of hydrogen-bond donors (Lipinski definition) is 2. The molecule has 0 aliphatic carbocycles. The lowest BCUT2D eigenvalue weighted by Crippen LogP contribution is -2.05. The van der Waals surface area contributed by atoms with Gasteiger partial charge in [0.05, 0.1) is 12.1 Å². The van der Waals surface area contributed by atoms with E-state index in [0.29, 0.717) is 16.9 Å². The number of carboxylic acids is 1. The van der Waals surface area contributed by atoms with E-state index in [4.69, 9.17) is 5.11 Å². The van der Waals surface area contributed by atoms with Crippen molar-refractivity contribution in [1.29, 1.82) is 0 Å². The highest BCUT2D eigenvalue weighted by Gasteiger charge is 2.11. The minimum Gasteiger partial charge on any atom is -0.481 e. The Hall–Kier alpha value is -1.63. The van der Waals surface area contributed by atoms with Crippen molar-refractivity contribution >= 4 is 39.9 Å². The van der Waals surface area contributed by atoms with Gasteiger partial charge in [-0.25, -0.2) is 4.39 Å². The average Bonchev–Trinajstić information content (AvgIpc) is 2.35. The minimum absolute atomic E-state index is 0.102. The topological polar surface area (TPSA) is 49.3 Å². The van der Waals surface area contributed by atoms with Crippen molar-refractivity contribution in [3.63, 3.8) is 0 Å². The van der Waals surface area contributed by atoms with Crippen LogP contribution in [-0.2, 0) is 11.2 Å². The Morgan fingerprint density at radius 2 is 2.10 bits per heavy atom. The second kappa shape index (κ2) is 6.21. The molecule has 0 radical (unpaired) electrons. The molecule has 2 rings (SSSR count). The number of anilines is 2. The summed E-state index contributed by atoms with van der Waals surface area (Å²) in [6.45, 7) is 1.89. The monoisotopic (exact) mass is 381 g/mol. The van der Waals surface area contributed by atoms with Gasteiger partial charge in [-0.3, -0.25) is 4.79 Å². The molecule has 2 aromatic rings. The molecule has 0 heterocycles. The van der Waals surface area contributed by atoms with Gasteiger partial charge in [0, 0.05) is 9.26 Å². The predicted octanol–water partition coefficient (Wildman–Crippen LogP) is 4.11. The second-order valence-corrected chi connectivity index (χ2v) is 5.61. The highest BCUT2D eigenvalue weighted by molar-refractivity contribution is 14.1. The third-order valence-corrected chi connectivity index (χ3v) is 3.72. The van der Waals surface area contributed by atoms with Gasteiger partial charge in [0.25, 0.3) is 0 Å². The van der Waals surface area contributed by atoms with Gasteiger partial charge in [-0.15, -0.1) is 0 Å². The summed E-state index contributed by atoms with van der Waals surface area (Å²) in [5.74, 6) is -1.28. The number of para-hydroxylation sites is 1. The summed E-state index contributed by atoms with van der Waals surface area (Å²) in [7, 11) is 0. The summed E-state index contributed by atoms with van der Waals surface area (Å²) in [4.78, 5) is 10.9. The van der Waals surface area contributed by atoms with Crippen molar-refractivity contribution in [3.8, 4) is 0 Å².